The Balaban J connectivity index is 1.86. The average Bonchev–Trinajstić information content (AvgIpc) is 3.04. The monoisotopic (exact) mass is 286 g/mol. The lowest BCUT2D eigenvalue weighted by Gasteiger charge is -2.06. The van der Waals surface area contributed by atoms with Crippen molar-refractivity contribution in [2.24, 2.45) is 0 Å². The molecule has 0 saturated heterocycles. The normalized spacial score (nSPS) is 14.9. The fourth-order valence-corrected chi connectivity index (χ4v) is 1.68. The summed E-state index contributed by atoms with van der Waals surface area (Å²) in [6.07, 6.45) is 2.30. The van der Waals surface area contributed by atoms with E-state index in [1.54, 1.807) is 6.07 Å². The van der Waals surface area contributed by atoms with Gasteiger partial charge in [0.2, 0.25) is 5.91 Å². The highest BCUT2D eigenvalue weighted by Gasteiger charge is 2.21. The van der Waals surface area contributed by atoms with Crippen LogP contribution in [0.5, 0.6) is 0 Å². The van der Waals surface area contributed by atoms with Crippen molar-refractivity contribution in [1.29, 1.82) is 0 Å². The Morgan fingerprint density at radius 1 is 1.50 bits per heavy atom. The summed E-state index contributed by atoms with van der Waals surface area (Å²) in [6.45, 7) is 0.305. The molecule has 0 atom stereocenters. The summed E-state index contributed by atoms with van der Waals surface area (Å²) in [5.74, 6) is -0.445. The molecule has 3 nitrogen and oxygen atoms in total. The predicted molar refractivity (Wildman–Crippen MR) is 63.8 cm³/mol. The topological polar surface area (TPSA) is 41.1 Å². The van der Waals surface area contributed by atoms with E-state index < -0.39 is 0 Å². The van der Waals surface area contributed by atoms with Crippen LogP contribution in [0.4, 0.5) is 10.1 Å². The van der Waals surface area contributed by atoms with Crippen LogP contribution in [-0.2, 0) is 4.79 Å². The van der Waals surface area contributed by atoms with Gasteiger partial charge in [-0.05, 0) is 47.0 Å². The quantitative estimate of drug-likeness (QED) is 0.892. The van der Waals surface area contributed by atoms with Crippen LogP contribution in [0.2, 0.25) is 0 Å². The van der Waals surface area contributed by atoms with Gasteiger partial charge in [0, 0.05) is 11.7 Å². The molecule has 86 valence electrons. The molecule has 2 N–H and O–H groups in total. The van der Waals surface area contributed by atoms with Gasteiger partial charge in [-0.25, -0.2) is 4.39 Å². The van der Waals surface area contributed by atoms with Crippen LogP contribution < -0.4 is 10.6 Å². The summed E-state index contributed by atoms with van der Waals surface area (Å²) in [4.78, 5) is 11.5. The van der Waals surface area contributed by atoms with Crippen LogP contribution in [0, 0.1) is 5.82 Å². The van der Waals surface area contributed by atoms with Crippen molar-refractivity contribution in [2.75, 3.05) is 11.9 Å². The number of carbonyl (C=O) groups excluding carboxylic acids is 1. The third-order valence-electron chi connectivity index (χ3n) is 2.33. The van der Waals surface area contributed by atoms with Gasteiger partial charge in [-0.2, -0.15) is 0 Å². The molecule has 2 rings (SSSR count). The van der Waals surface area contributed by atoms with E-state index in [0.717, 1.165) is 12.8 Å². The average molecular weight is 287 g/mol. The summed E-state index contributed by atoms with van der Waals surface area (Å²) in [6, 6.07) is 4.90. The first-order valence-corrected chi connectivity index (χ1v) is 5.93. The van der Waals surface area contributed by atoms with Gasteiger partial charge in [0.1, 0.15) is 5.82 Å². The number of anilines is 1. The molecule has 5 heteroatoms. The number of benzene rings is 1. The van der Waals surface area contributed by atoms with Crippen molar-refractivity contribution in [1.82, 2.24) is 5.32 Å². The number of hydrogen-bond donors (Lipinski definition) is 2. The number of carbonyl (C=O) groups is 1. The van der Waals surface area contributed by atoms with Crippen molar-refractivity contribution in [3.05, 3.63) is 28.5 Å². The van der Waals surface area contributed by atoms with E-state index in [0.29, 0.717) is 22.7 Å². The molecule has 1 saturated carbocycles. The molecule has 1 aliphatic carbocycles. The Hall–Kier alpha value is -0.940. The van der Waals surface area contributed by atoms with Crippen LogP contribution in [0.25, 0.3) is 0 Å². The maximum Gasteiger partial charge on any atom is 0.238 e. The second kappa shape index (κ2) is 4.93. The Kier molecular flexibility index (Phi) is 3.56. The molecule has 1 fully saturated rings. The Morgan fingerprint density at radius 3 is 2.88 bits per heavy atom. The van der Waals surface area contributed by atoms with Crippen LogP contribution in [0.1, 0.15) is 12.8 Å². The highest BCUT2D eigenvalue weighted by molar-refractivity contribution is 9.10. The minimum Gasteiger partial charge on any atom is -0.325 e. The molecule has 1 aromatic carbocycles. The van der Waals surface area contributed by atoms with E-state index in [2.05, 4.69) is 26.6 Å². The Bertz CT molecular complexity index is 407. The molecular formula is C11H12BrFN2O. The number of nitrogens with one attached hydrogen (secondary N) is 2. The van der Waals surface area contributed by atoms with Gasteiger partial charge < -0.3 is 10.6 Å². The van der Waals surface area contributed by atoms with E-state index >= 15 is 0 Å². The fourth-order valence-electron chi connectivity index (χ4n) is 1.30. The fraction of sp³-hybridized carbons (Fsp3) is 0.364. The van der Waals surface area contributed by atoms with Crippen LogP contribution >= 0.6 is 15.9 Å². The maximum atomic E-state index is 12.9. The van der Waals surface area contributed by atoms with Crippen molar-refractivity contribution < 1.29 is 9.18 Å². The largest absolute Gasteiger partial charge is 0.325 e. The van der Waals surface area contributed by atoms with Gasteiger partial charge >= 0.3 is 0 Å². The number of halogens is 2. The summed E-state index contributed by atoms with van der Waals surface area (Å²) in [5, 5.41) is 5.80. The highest BCUT2D eigenvalue weighted by atomic mass is 79.9. The van der Waals surface area contributed by atoms with E-state index in [-0.39, 0.29) is 11.7 Å². The zero-order valence-corrected chi connectivity index (χ0v) is 10.2. The first-order chi connectivity index (χ1) is 7.65. The van der Waals surface area contributed by atoms with E-state index in [1.807, 2.05) is 0 Å². The minimum absolute atomic E-state index is 0.106. The molecule has 1 aliphatic rings. The van der Waals surface area contributed by atoms with E-state index in [9.17, 15) is 9.18 Å². The van der Waals surface area contributed by atoms with Gasteiger partial charge in [-0.3, -0.25) is 4.79 Å². The molecule has 0 bridgehead atoms. The van der Waals surface area contributed by atoms with Gasteiger partial charge in [0.25, 0.3) is 0 Å². The van der Waals surface area contributed by atoms with Crippen LogP contribution in [0.15, 0.2) is 22.7 Å². The van der Waals surface area contributed by atoms with E-state index in [1.165, 1.54) is 12.1 Å². The molecular weight excluding hydrogens is 275 g/mol. The van der Waals surface area contributed by atoms with Crippen LogP contribution in [0.3, 0.4) is 0 Å². The number of rotatable bonds is 4. The van der Waals surface area contributed by atoms with Gasteiger partial charge in [0.05, 0.1) is 11.0 Å². The van der Waals surface area contributed by atoms with Crippen molar-refractivity contribution in [3.63, 3.8) is 0 Å². The highest BCUT2D eigenvalue weighted by Crippen LogP contribution is 2.20. The third kappa shape index (κ3) is 3.28. The molecule has 0 unspecified atom stereocenters. The van der Waals surface area contributed by atoms with Crippen LogP contribution in [-0.4, -0.2) is 18.5 Å². The predicted octanol–water partition coefficient (Wildman–Crippen LogP) is 2.28. The number of amides is 1. The Labute approximate surface area is 102 Å². The standard InChI is InChI=1S/C11H12BrFN2O/c12-9-5-8(3-4-10(9)13)15-11(16)6-14-7-1-2-7/h3-5,7,14H,1-2,6H2,(H,15,16). The second-order valence-electron chi connectivity index (χ2n) is 3.83. The van der Waals surface area contributed by atoms with Crippen molar-refractivity contribution in [3.8, 4) is 0 Å². The van der Waals surface area contributed by atoms with Crippen molar-refractivity contribution in [2.45, 2.75) is 18.9 Å². The Morgan fingerprint density at radius 2 is 2.25 bits per heavy atom. The second-order valence-corrected chi connectivity index (χ2v) is 4.69. The number of hydrogen-bond acceptors (Lipinski definition) is 2. The summed E-state index contributed by atoms with van der Waals surface area (Å²) in [7, 11) is 0. The molecule has 0 heterocycles. The van der Waals surface area contributed by atoms with Gasteiger partial charge in [0.15, 0.2) is 0 Å². The smallest absolute Gasteiger partial charge is 0.238 e. The summed E-state index contributed by atoms with van der Waals surface area (Å²) < 4.78 is 13.3. The lowest BCUT2D eigenvalue weighted by atomic mass is 10.3. The minimum atomic E-state index is -0.339. The van der Waals surface area contributed by atoms with Gasteiger partial charge in [-0.1, -0.05) is 0 Å². The molecule has 0 aliphatic heterocycles. The lowest BCUT2D eigenvalue weighted by Crippen LogP contribution is -2.29. The summed E-state index contributed by atoms with van der Waals surface area (Å²) >= 11 is 3.07. The zero-order chi connectivity index (χ0) is 11.5. The SMILES string of the molecule is O=C(CNC1CC1)Nc1ccc(F)c(Br)c1. The zero-order valence-electron chi connectivity index (χ0n) is 8.59. The molecule has 1 amide bonds. The van der Waals surface area contributed by atoms with Crippen molar-refractivity contribution >= 4 is 27.5 Å². The molecule has 0 spiro atoms. The van der Waals surface area contributed by atoms with E-state index in [4.69, 9.17) is 0 Å². The first kappa shape index (κ1) is 11.5. The maximum absolute atomic E-state index is 12.9. The first-order valence-electron chi connectivity index (χ1n) is 5.13. The van der Waals surface area contributed by atoms with Gasteiger partial charge in [-0.15, -0.1) is 0 Å². The third-order valence-corrected chi connectivity index (χ3v) is 2.94. The molecule has 0 radical (unpaired) electrons. The lowest BCUT2D eigenvalue weighted by molar-refractivity contribution is -0.115. The molecule has 16 heavy (non-hydrogen) atoms. The molecule has 1 aromatic rings. The summed E-state index contributed by atoms with van der Waals surface area (Å²) in [5.41, 5.74) is 0.593. The molecule has 0 aromatic heterocycles.